The summed E-state index contributed by atoms with van der Waals surface area (Å²) in [6.07, 6.45) is 1.18. The van der Waals surface area contributed by atoms with Crippen molar-refractivity contribution < 1.29 is 4.79 Å². The smallest absolute Gasteiger partial charge is 0.236 e. The van der Waals surface area contributed by atoms with Gasteiger partial charge in [0.2, 0.25) is 5.91 Å². The molecule has 2 atom stereocenters. The Bertz CT molecular complexity index is 230. The van der Waals surface area contributed by atoms with Crippen molar-refractivity contribution in [1.82, 2.24) is 15.1 Å². The minimum absolute atomic E-state index is 0.198. The highest BCUT2D eigenvalue weighted by atomic mass is 16.2. The standard InChI is InChI=1S/C12H25N3O/c1-5-10-7-13-8-11(10)15(6-2)9-12(16)14(3)4/h10-11,13H,5-9H2,1-4H3. The lowest BCUT2D eigenvalue weighted by atomic mass is 9.99. The molecule has 2 unspecified atom stereocenters. The van der Waals surface area contributed by atoms with E-state index in [4.69, 9.17) is 0 Å². The summed E-state index contributed by atoms with van der Waals surface area (Å²) in [5.41, 5.74) is 0. The molecule has 4 nitrogen and oxygen atoms in total. The van der Waals surface area contributed by atoms with Crippen LogP contribution in [0.5, 0.6) is 0 Å². The maximum Gasteiger partial charge on any atom is 0.236 e. The van der Waals surface area contributed by atoms with Gasteiger partial charge < -0.3 is 10.2 Å². The molecule has 0 radical (unpaired) electrons. The quantitative estimate of drug-likeness (QED) is 0.738. The zero-order valence-corrected chi connectivity index (χ0v) is 11.0. The van der Waals surface area contributed by atoms with Crippen LogP contribution in [0.15, 0.2) is 0 Å². The van der Waals surface area contributed by atoms with Crippen LogP contribution in [-0.2, 0) is 4.79 Å². The van der Waals surface area contributed by atoms with Gasteiger partial charge in [-0.05, 0) is 19.0 Å². The molecule has 0 bridgehead atoms. The van der Waals surface area contributed by atoms with Gasteiger partial charge in [0.25, 0.3) is 0 Å². The third-order valence-corrected chi connectivity index (χ3v) is 3.54. The molecule has 1 heterocycles. The normalized spacial score (nSPS) is 25.1. The van der Waals surface area contributed by atoms with Crippen molar-refractivity contribution in [1.29, 1.82) is 0 Å². The minimum atomic E-state index is 0.198. The molecule has 0 aromatic carbocycles. The number of hydrogen-bond acceptors (Lipinski definition) is 3. The largest absolute Gasteiger partial charge is 0.348 e. The Balaban J connectivity index is 2.56. The van der Waals surface area contributed by atoms with E-state index in [2.05, 4.69) is 24.1 Å². The fraction of sp³-hybridized carbons (Fsp3) is 0.917. The van der Waals surface area contributed by atoms with E-state index in [1.165, 1.54) is 6.42 Å². The molecule has 1 saturated heterocycles. The van der Waals surface area contributed by atoms with Crippen molar-refractivity contribution in [3.05, 3.63) is 0 Å². The first-order valence-electron chi connectivity index (χ1n) is 6.25. The van der Waals surface area contributed by atoms with E-state index in [-0.39, 0.29) is 5.91 Å². The molecule has 1 rings (SSSR count). The van der Waals surface area contributed by atoms with Gasteiger partial charge in [0.05, 0.1) is 6.54 Å². The Morgan fingerprint density at radius 2 is 2.00 bits per heavy atom. The molecule has 1 fully saturated rings. The van der Waals surface area contributed by atoms with Crippen molar-refractivity contribution in [2.24, 2.45) is 5.92 Å². The van der Waals surface area contributed by atoms with Crippen LogP contribution in [0.25, 0.3) is 0 Å². The molecule has 0 spiro atoms. The monoisotopic (exact) mass is 227 g/mol. The summed E-state index contributed by atoms with van der Waals surface area (Å²) in [7, 11) is 3.64. The van der Waals surface area contributed by atoms with Crippen molar-refractivity contribution in [3.63, 3.8) is 0 Å². The Morgan fingerprint density at radius 3 is 2.50 bits per heavy atom. The predicted molar refractivity (Wildman–Crippen MR) is 66.4 cm³/mol. The lowest BCUT2D eigenvalue weighted by molar-refractivity contribution is -0.130. The second kappa shape index (κ2) is 6.21. The molecule has 1 N–H and O–H groups in total. The van der Waals surface area contributed by atoms with Crippen LogP contribution in [0.3, 0.4) is 0 Å². The van der Waals surface area contributed by atoms with E-state index in [1.54, 1.807) is 4.90 Å². The second-order valence-corrected chi connectivity index (χ2v) is 4.75. The Hall–Kier alpha value is -0.610. The van der Waals surface area contributed by atoms with Gasteiger partial charge in [0.1, 0.15) is 0 Å². The first-order valence-corrected chi connectivity index (χ1v) is 6.25. The molecule has 1 aliphatic rings. The summed E-state index contributed by atoms with van der Waals surface area (Å²) in [6.45, 7) is 7.97. The average molecular weight is 227 g/mol. The highest BCUT2D eigenvalue weighted by Crippen LogP contribution is 2.18. The number of rotatable bonds is 5. The van der Waals surface area contributed by atoms with Gasteiger partial charge in [0, 0.05) is 26.7 Å². The van der Waals surface area contributed by atoms with E-state index >= 15 is 0 Å². The molecule has 0 saturated carbocycles. The van der Waals surface area contributed by atoms with Gasteiger partial charge in [-0.2, -0.15) is 0 Å². The zero-order chi connectivity index (χ0) is 12.1. The third-order valence-electron chi connectivity index (χ3n) is 3.54. The van der Waals surface area contributed by atoms with E-state index in [0.29, 0.717) is 18.5 Å². The topological polar surface area (TPSA) is 35.6 Å². The highest BCUT2D eigenvalue weighted by Gasteiger charge is 2.30. The first-order chi connectivity index (χ1) is 7.60. The molecule has 1 amide bonds. The van der Waals surface area contributed by atoms with E-state index in [9.17, 15) is 4.79 Å². The number of carbonyl (C=O) groups excluding carboxylic acids is 1. The van der Waals surface area contributed by atoms with Crippen molar-refractivity contribution >= 4 is 5.91 Å². The molecule has 4 heteroatoms. The Labute approximate surface area is 99.0 Å². The number of amides is 1. The van der Waals surface area contributed by atoms with Gasteiger partial charge in [-0.25, -0.2) is 0 Å². The van der Waals surface area contributed by atoms with Gasteiger partial charge in [-0.3, -0.25) is 9.69 Å². The predicted octanol–water partition coefficient (Wildman–Crippen LogP) is 0.395. The van der Waals surface area contributed by atoms with Crippen molar-refractivity contribution in [2.75, 3.05) is 40.3 Å². The van der Waals surface area contributed by atoms with E-state index < -0.39 is 0 Å². The highest BCUT2D eigenvalue weighted by molar-refractivity contribution is 5.77. The van der Waals surface area contributed by atoms with Gasteiger partial charge in [-0.15, -0.1) is 0 Å². The summed E-state index contributed by atoms with van der Waals surface area (Å²) in [5, 5.41) is 3.42. The number of likely N-dealkylation sites (N-methyl/N-ethyl adjacent to an activating group) is 2. The summed E-state index contributed by atoms with van der Waals surface area (Å²) in [5.74, 6) is 0.888. The lowest BCUT2D eigenvalue weighted by Gasteiger charge is -2.31. The summed E-state index contributed by atoms with van der Waals surface area (Å²) in [6, 6.07) is 0.527. The number of nitrogens with one attached hydrogen (secondary N) is 1. The van der Waals surface area contributed by atoms with Crippen molar-refractivity contribution in [2.45, 2.75) is 26.3 Å². The van der Waals surface area contributed by atoms with Gasteiger partial charge in [0.15, 0.2) is 0 Å². The number of carbonyl (C=O) groups is 1. The van der Waals surface area contributed by atoms with Crippen LogP contribution < -0.4 is 5.32 Å². The molecule has 0 aromatic heterocycles. The Morgan fingerprint density at radius 1 is 1.31 bits per heavy atom. The van der Waals surface area contributed by atoms with Crippen LogP contribution in [0.4, 0.5) is 0 Å². The van der Waals surface area contributed by atoms with Gasteiger partial charge in [-0.1, -0.05) is 20.3 Å². The maximum absolute atomic E-state index is 11.7. The summed E-state index contributed by atoms with van der Waals surface area (Å²) >= 11 is 0. The van der Waals surface area contributed by atoms with Crippen LogP contribution in [0.1, 0.15) is 20.3 Å². The summed E-state index contributed by atoms with van der Waals surface area (Å²) < 4.78 is 0. The first kappa shape index (κ1) is 13.5. The molecule has 0 aliphatic carbocycles. The van der Waals surface area contributed by atoms with Crippen molar-refractivity contribution in [3.8, 4) is 0 Å². The van der Waals surface area contributed by atoms with E-state index in [1.807, 2.05) is 14.1 Å². The number of nitrogens with zero attached hydrogens (tertiary/aromatic N) is 2. The number of hydrogen-bond donors (Lipinski definition) is 1. The van der Waals surface area contributed by atoms with Crippen LogP contribution in [0.2, 0.25) is 0 Å². The minimum Gasteiger partial charge on any atom is -0.348 e. The zero-order valence-electron chi connectivity index (χ0n) is 11.0. The summed E-state index contributed by atoms with van der Waals surface area (Å²) in [4.78, 5) is 15.7. The molecule has 0 aromatic rings. The molecular formula is C12H25N3O. The SMILES string of the molecule is CCC1CNCC1N(CC)CC(=O)N(C)C. The van der Waals surface area contributed by atoms with Crippen LogP contribution in [0, 0.1) is 5.92 Å². The molecule has 16 heavy (non-hydrogen) atoms. The van der Waals surface area contributed by atoms with Crippen LogP contribution >= 0.6 is 0 Å². The Kier molecular flexibility index (Phi) is 5.22. The second-order valence-electron chi connectivity index (χ2n) is 4.75. The fourth-order valence-electron chi connectivity index (χ4n) is 2.34. The lowest BCUT2D eigenvalue weighted by Crippen LogP contribution is -2.45. The van der Waals surface area contributed by atoms with Crippen LogP contribution in [-0.4, -0.2) is 62.0 Å². The third kappa shape index (κ3) is 3.19. The molecule has 1 aliphatic heterocycles. The van der Waals surface area contributed by atoms with E-state index in [0.717, 1.165) is 19.6 Å². The fourth-order valence-corrected chi connectivity index (χ4v) is 2.34. The molecular weight excluding hydrogens is 202 g/mol. The average Bonchev–Trinajstić information content (AvgIpc) is 2.73. The van der Waals surface area contributed by atoms with Gasteiger partial charge >= 0.3 is 0 Å². The molecule has 94 valence electrons. The maximum atomic E-state index is 11.7.